The molecule has 0 aliphatic rings. The van der Waals surface area contributed by atoms with Crippen LogP contribution in [0.5, 0.6) is 0 Å². The predicted octanol–water partition coefficient (Wildman–Crippen LogP) is 2.12. The van der Waals surface area contributed by atoms with E-state index in [9.17, 15) is 9.59 Å². The number of hydrogen-bond donors (Lipinski definition) is 3. The van der Waals surface area contributed by atoms with Crippen LogP contribution in [0, 0.1) is 12.8 Å². The van der Waals surface area contributed by atoms with Crippen molar-refractivity contribution in [3.63, 3.8) is 0 Å². The summed E-state index contributed by atoms with van der Waals surface area (Å²) in [6.45, 7) is 5.81. The maximum atomic E-state index is 11.7. The van der Waals surface area contributed by atoms with Crippen LogP contribution in [0.15, 0.2) is 28.8 Å². The van der Waals surface area contributed by atoms with Crippen molar-refractivity contribution in [2.75, 3.05) is 10.3 Å². The second-order valence-corrected chi connectivity index (χ2v) is 6.29. The van der Waals surface area contributed by atoms with Crippen LogP contribution in [-0.4, -0.2) is 23.4 Å². The number of hydrazine groups is 1. The van der Waals surface area contributed by atoms with Crippen molar-refractivity contribution in [1.29, 1.82) is 0 Å². The normalized spacial score (nSPS) is 12.0. The molecule has 0 bridgehead atoms. The van der Waals surface area contributed by atoms with Gasteiger partial charge >= 0.3 is 0 Å². The number of nitrogens with one attached hydrogen (secondary N) is 1. The standard InChI is InChI=1S/C17H23N5O3/c1-10(2)6-13(9-23)22(19)12-4-5-14(17(18)24)15(8-12)20-16-7-11(3)21-25-16/h4-5,7-10,13,20H,6,19H2,1-3H3,(H2,18,24). The summed E-state index contributed by atoms with van der Waals surface area (Å²) in [4.78, 5) is 23.0. The molecule has 8 heteroatoms. The molecule has 1 aromatic carbocycles. The van der Waals surface area contributed by atoms with Gasteiger partial charge in [0.2, 0.25) is 5.88 Å². The summed E-state index contributed by atoms with van der Waals surface area (Å²) in [6.07, 6.45) is 1.43. The van der Waals surface area contributed by atoms with Gasteiger partial charge in [0.1, 0.15) is 12.3 Å². The van der Waals surface area contributed by atoms with E-state index < -0.39 is 11.9 Å². The van der Waals surface area contributed by atoms with Gasteiger partial charge in [-0.2, -0.15) is 0 Å². The number of nitrogens with two attached hydrogens (primary N) is 2. The molecule has 0 aliphatic carbocycles. The van der Waals surface area contributed by atoms with Gasteiger partial charge in [0.25, 0.3) is 5.91 Å². The Kier molecular flexibility index (Phi) is 5.76. The minimum atomic E-state index is -0.594. The number of primary amides is 1. The predicted molar refractivity (Wildman–Crippen MR) is 95.5 cm³/mol. The molecule has 0 radical (unpaired) electrons. The zero-order valence-electron chi connectivity index (χ0n) is 14.5. The lowest BCUT2D eigenvalue weighted by atomic mass is 10.0. The lowest BCUT2D eigenvalue weighted by Gasteiger charge is -2.27. The summed E-state index contributed by atoms with van der Waals surface area (Å²) in [6, 6.07) is 6.06. The zero-order valence-corrected chi connectivity index (χ0v) is 14.5. The maximum Gasteiger partial charge on any atom is 0.250 e. The lowest BCUT2D eigenvalue weighted by Crippen LogP contribution is -2.43. The van der Waals surface area contributed by atoms with E-state index in [-0.39, 0.29) is 5.56 Å². The van der Waals surface area contributed by atoms with E-state index >= 15 is 0 Å². The molecule has 2 aromatic rings. The first-order valence-corrected chi connectivity index (χ1v) is 7.95. The number of amides is 1. The SMILES string of the molecule is Cc1cc(Nc2cc(N(N)C(C=O)CC(C)C)ccc2C(N)=O)on1. The van der Waals surface area contributed by atoms with Crippen LogP contribution in [0.4, 0.5) is 17.3 Å². The van der Waals surface area contributed by atoms with Gasteiger partial charge in [0, 0.05) is 6.07 Å². The van der Waals surface area contributed by atoms with Crippen LogP contribution >= 0.6 is 0 Å². The van der Waals surface area contributed by atoms with E-state index in [2.05, 4.69) is 10.5 Å². The number of benzene rings is 1. The molecular formula is C17H23N5O3. The van der Waals surface area contributed by atoms with Crippen LogP contribution in [0.25, 0.3) is 0 Å². The summed E-state index contributed by atoms with van der Waals surface area (Å²) in [5, 5.41) is 8.13. The average molecular weight is 345 g/mol. The molecular weight excluding hydrogens is 322 g/mol. The topological polar surface area (TPSA) is 127 Å². The quantitative estimate of drug-likeness (QED) is 0.380. The summed E-state index contributed by atoms with van der Waals surface area (Å²) >= 11 is 0. The van der Waals surface area contributed by atoms with Gasteiger partial charge < -0.3 is 25.4 Å². The molecule has 25 heavy (non-hydrogen) atoms. The monoisotopic (exact) mass is 345 g/mol. The first-order valence-electron chi connectivity index (χ1n) is 7.95. The number of aldehydes is 1. The molecule has 0 fully saturated rings. The highest BCUT2D eigenvalue weighted by molar-refractivity contribution is 5.99. The Bertz CT molecular complexity index is 756. The zero-order chi connectivity index (χ0) is 18.6. The van der Waals surface area contributed by atoms with Crippen LogP contribution < -0.4 is 21.9 Å². The van der Waals surface area contributed by atoms with Gasteiger partial charge in [-0.1, -0.05) is 19.0 Å². The van der Waals surface area contributed by atoms with Crippen molar-refractivity contribution in [1.82, 2.24) is 5.16 Å². The fourth-order valence-corrected chi connectivity index (χ4v) is 2.48. The number of hydrogen-bond acceptors (Lipinski definition) is 7. The molecule has 8 nitrogen and oxygen atoms in total. The van der Waals surface area contributed by atoms with Crippen molar-refractivity contribution < 1.29 is 14.1 Å². The summed E-state index contributed by atoms with van der Waals surface area (Å²) in [5.41, 5.74) is 7.39. The Morgan fingerprint density at radius 1 is 1.40 bits per heavy atom. The third-order valence-electron chi connectivity index (χ3n) is 3.68. The van der Waals surface area contributed by atoms with Gasteiger partial charge in [-0.05, 0) is 37.5 Å². The lowest BCUT2D eigenvalue weighted by molar-refractivity contribution is -0.109. The van der Waals surface area contributed by atoms with Gasteiger partial charge in [0.05, 0.1) is 22.6 Å². The first-order chi connectivity index (χ1) is 11.8. The summed E-state index contributed by atoms with van der Waals surface area (Å²) in [5.74, 6) is 6.20. The molecule has 0 aliphatic heterocycles. The average Bonchev–Trinajstić information content (AvgIpc) is 2.96. The number of carbonyl (C=O) groups excluding carboxylic acids is 2. The third-order valence-corrected chi connectivity index (χ3v) is 3.68. The van der Waals surface area contributed by atoms with E-state index in [4.69, 9.17) is 16.1 Å². The van der Waals surface area contributed by atoms with E-state index in [1.807, 2.05) is 13.8 Å². The second-order valence-electron chi connectivity index (χ2n) is 6.29. The molecule has 1 aromatic heterocycles. The van der Waals surface area contributed by atoms with Crippen LogP contribution in [0.3, 0.4) is 0 Å². The molecule has 0 saturated heterocycles. The van der Waals surface area contributed by atoms with Crippen molar-refractivity contribution in [3.8, 4) is 0 Å². The highest BCUT2D eigenvalue weighted by atomic mass is 16.5. The molecule has 1 heterocycles. The van der Waals surface area contributed by atoms with E-state index in [0.717, 1.165) is 6.29 Å². The second kappa shape index (κ2) is 7.80. The molecule has 0 spiro atoms. The number of aromatic nitrogens is 1. The largest absolute Gasteiger partial charge is 0.366 e. The van der Waals surface area contributed by atoms with Gasteiger partial charge in [-0.3, -0.25) is 4.79 Å². The third kappa shape index (κ3) is 4.57. The Morgan fingerprint density at radius 3 is 2.64 bits per heavy atom. The maximum absolute atomic E-state index is 11.7. The smallest absolute Gasteiger partial charge is 0.250 e. The van der Waals surface area contributed by atoms with Crippen LogP contribution in [0.2, 0.25) is 0 Å². The van der Waals surface area contributed by atoms with Crippen molar-refractivity contribution in [2.45, 2.75) is 33.2 Å². The Balaban J connectivity index is 2.35. The van der Waals surface area contributed by atoms with E-state index in [0.29, 0.717) is 35.3 Å². The Labute approximate surface area is 146 Å². The number of nitrogens with zero attached hydrogens (tertiary/aromatic N) is 2. The number of aryl methyl sites for hydroxylation is 1. The molecule has 2 rings (SSSR count). The van der Waals surface area contributed by atoms with Gasteiger partial charge in [-0.25, -0.2) is 5.84 Å². The van der Waals surface area contributed by atoms with Crippen LogP contribution in [-0.2, 0) is 4.79 Å². The van der Waals surface area contributed by atoms with Crippen molar-refractivity contribution in [2.24, 2.45) is 17.5 Å². The molecule has 1 amide bonds. The minimum absolute atomic E-state index is 0.276. The Hall–Kier alpha value is -2.87. The molecule has 5 N–H and O–H groups in total. The molecule has 134 valence electrons. The minimum Gasteiger partial charge on any atom is -0.366 e. The molecule has 1 unspecified atom stereocenters. The van der Waals surface area contributed by atoms with Gasteiger partial charge in [0.15, 0.2) is 0 Å². The summed E-state index contributed by atoms with van der Waals surface area (Å²) in [7, 11) is 0. The van der Waals surface area contributed by atoms with Crippen LogP contribution in [0.1, 0.15) is 36.3 Å². The molecule has 0 saturated carbocycles. The van der Waals surface area contributed by atoms with E-state index in [1.54, 1.807) is 31.2 Å². The number of anilines is 3. The first kappa shape index (κ1) is 18.5. The van der Waals surface area contributed by atoms with E-state index in [1.165, 1.54) is 5.01 Å². The Morgan fingerprint density at radius 2 is 2.12 bits per heavy atom. The highest BCUT2D eigenvalue weighted by Gasteiger charge is 2.19. The number of rotatable bonds is 8. The highest BCUT2D eigenvalue weighted by Crippen LogP contribution is 2.27. The fraction of sp³-hybridized carbons (Fsp3) is 0.353. The van der Waals surface area contributed by atoms with Gasteiger partial charge in [-0.15, -0.1) is 0 Å². The fourth-order valence-electron chi connectivity index (χ4n) is 2.48. The van der Waals surface area contributed by atoms with Crippen molar-refractivity contribution in [3.05, 3.63) is 35.5 Å². The van der Waals surface area contributed by atoms with Crippen molar-refractivity contribution >= 4 is 29.5 Å². The molecule has 1 atom stereocenters. The summed E-state index contributed by atoms with van der Waals surface area (Å²) < 4.78 is 5.11. The number of carbonyl (C=O) groups is 2.